The molecule has 0 bridgehead atoms. The van der Waals surface area contributed by atoms with Gasteiger partial charge >= 0.3 is 0 Å². The van der Waals surface area contributed by atoms with Crippen molar-refractivity contribution in [1.29, 1.82) is 0 Å². The van der Waals surface area contributed by atoms with Crippen LogP contribution in [0.1, 0.15) is 87.7 Å². The van der Waals surface area contributed by atoms with Crippen molar-refractivity contribution in [2.24, 2.45) is 0 Å². The predicted octanol–water partition coefficient (Wildman–Crippen LogP) is 35.8. The summed E-state index contributed by atoms with van der Waals surface area (Å²) in [6, 6.07) is 182. The van der Waals surface area contributed by atoms with Crippen molar-refractivity contribution >= 4 is 98.8 Å². The number of fused-ring (bicyclic) bond motifs is 37. The molecule has 23 aromatic carbocycles. The minimum absolute atomic E-state index is 0.0776. The summed E-state index contributed by atoms with van der Waals surface area (Å²) < 4.78 is 0. The first-order valence-electron chi connectivity index (χ1n) is 48.4. The smallest absolute Gasteiger partial charge is 0.0726 e. The third kappa shape index (κ3) is 10.8. The third-order valence-corrected chi connectivity index (χ3v) is 32.0. The molecule has 29 rings (SSSR count). The van der Waals surface area contributed by atoms with Crippen molar-refractivity contribution in [3.05, 3.63) is 529 Å². The molecule has 6 aliphatic rings. The summed E-state index contributed by atoms with van der Waals surface area (Å²) in [6.45, 7) is 0. The van der Waals surface area contributed by atoms with Gasteiger partial charge in [-0.1, -0.05) is 408 Å². The maximum Gasteiger partial charge on any atom is 0.0726 e. The summed E-state index contributed by atoms with van der Waals surface area (Å²) in [5, 5.41) is 14.8. The van der Waals surface area contributed by atoms with Gasteiger partial charge in [-0.2, -0.15) is 0 Å². The Morgan fingerprint density at radius 1 is 0.147 bits per heavy atom. The summed E-state index contributed by atoms with van der Waals surface area (Å²) in [6.07, 6.45) is 5.97. The minimum Gasteiger partial charge on any atom is -0.310 e. The highest BCUT2D eigenvalue weighted by Gasteiger charge is 2.55. The van der Waals surface area contributed by atoms with E-state index in [9.17, 15) is 0 Å². The first kappa shape index (κ1) is 76.9. The average Bonchev–Trinajstić information content (AvgIpc) is 1.51. The van der Waals surface area contributed by atoms with E-state index in [0.717, 1.165) is 74.7 Å². The van der Waals surface area contributed by atoms with Gasteiger partial charge in [-0.15, -0.1) is 0 Å². The van der Waals surface area contributed by atoms with E-state index >= 15 is 0 Å². The van der Waals surface area contributed by atoms with E-state index in [4.69, 9.17) is 0 Å². The predicted molar refractivity (Wildman–Crippen MR) is 570 cm³/mol. The second kappa shape index (κ2) is 29.6. The zero-order chi connectivity index (χ0) is 89.1. The van der Waals surface area contributed by atoms with Crippen molar-refractivity contribution in [2.45, 2.75) is 48.3 Å². The first-order chi connectivity index (χ1) is 67.4. The number of benzene rings is 23. The van der Waals surface area contributed by atoms with Crippen molar-refractivity contribution < 1.29 is 0 Å². The monoisotopic (exact) mass is 1720 g/mol. The van der Waals surface area contributed by atoms with Gasteiger partial charge in [0.25, 0.3) is 0 Å². The van der Waals surface area contributed by atoms with Crippen LogP contribution in [0.4, 0.5) is 34.1 Å². The van der Waals surface area contributed by atoms with Gasteiger partial charge in [0, 0.05) is 39.2 Å². The maximum atomic E-state index is 2.71. The van der Waals surface area contributed by atoms with Gasteiger partial charge < -0.3 is 9.80 Å². The van der Waals surface area contributed by atoms with E-state index in [1.807, 2.05) is 0 Å². The summed E-state index contributed by atoms with van der Waals surface area (Å²) in [4.78, 5) is 5.26. The number of para-hydroxylation sites is 1. The number of anilines is 6. The van der Waals surface area contributed by atoms with Crippen molar-refractivity contribution in [3.8, 4) is 111 Å². The maximum absolute atomic E-state index is 2.71. The molecule has 0 unspecified atom stereocenters. The molecule has 2 nitrogen and oxygen atoms in total. The van der Waals surface area contributed by atoms with E-state index in [0.29, 0.717) is 0 Å². The number of nitrogens with zero attached hydrogens (tertiary/aromatic N) is 2. The highest BCUT2D eigenvalue weighted by molar-refractivity contribution is 6.28. The van der Waals surface area contributed by atoms with Gasteiger partial charge in [0.1, 0.15) is 0 Å². The molecule has 136 heavy (non-hydrogen) atoms. The standard InChI is InChI=1S/C134H88N2/c1-4-33-84(34-5-1)88-36-31-38-91(76-88)112-81-117-109-52-19-27-60-124(109)133(119-55-22-14-47-104(119)105-48-15-23-56-120(105)133)126(117)82-129(112)135(92-39-6-2-7-40-92)93-68-71-103-101-70-67-90(77-113(101)99-45-12-13-46-100(99)114(103)78-93)89-37-30-35-87(75-89)85-63-65-86(66-64-85)111-80-116-108-51-18-26-59-123(108)134(121-57-24-16-49-106(121)107-50-17-25-58-122(107)134)127(116)83-130(111)136(94-69-72-102-97-43-9-8-41-95(97)96-42-10-11-44-98(96)115(102)79-94)128-62-32-61-125-131(128)110-53-20-21-54-118(110)132(125)73-28-3-29-74-132/h1-2,4-27,30-72,75-83H,3,28-29,73-74H2. The van der Waals surface area contributed by atoms with Crippen molar-refractivity contribution in [2.75, 3.05) is 9.80 Å². The van der Waals surface area contributed by atoms with Crippen LogP contribution in [-0.2, 0) is 16.2 Å². The van der Waals surface area contributed by atoms with E-state index in [2.05, 4.69) is 483 Å². The molecule has 1 fully saturated rings. The largest absolute Gasteiger partial charge is 0.310 e. The van der Waals surface area contributed by atoms with Crippen LogP contribution in [0.15, 0.2) is 473 Å². The molecule has 0 aromatic heterocycles. The summed E-state index contributed by atoms with van der Waals surface area (Å²) >= 11 is 0. The van der Waals surface area contributed by atoms with Gasteiger partial charge in [0.2, 0.25) is 0 Å². The van der Waals surface area contributed by atoms with Gasteiger partial charge in [0.05, 0.1) is 27.9 Å². The van der Waals surface area contributed by atoms with Crippen LogP contribution < -0.4 is 9.80 Å². The normalized spacial score (nSPS) is 14.2. The van der Waals surface area contributed by atoms with E-state index in [1.54, 1.807) is 0 Å². The van der Waals surface area contributed by atoms with Crippen LogP contribution in [-0.4, -0.2) is 0 Å². The molecule has 0 atom stereocenters. The fourth-order valence-electron chi connectivity index (χ4n) is 26.4. The molecule has 6 aliphatic carbocycles. The van der Waals surface area contributed by atoms with Gasteiger partial charge in [0.15, 0.2) is 0 Å². The molecule has 0 aliphatic heterocycles. The zero-order valence-corrected chi connectivity index (χ0v) is 75.0. The van der Waals surface area contributed by atoms with Crippen LogP contribution in [0, 0.1) is 0 Å². The van der Waals surface area contributed by atoms with Crippen molar-refractivity contribution in [3.63, 3.8) is 0 Å². The fraction of sp³-hybridized carbons (Fsp3) is 0.0597. The molecule has 1 saturated carbocycles. The Balaban J connectivity index is 0.589. The highest BCUT2D eigenvalue weighted by Crippen LogP contribution is 2.68. The Bertz CT molecular complexity index is 8890. The Hall–Kier alpha value is -16.8. The Morgan fingerprint density at radius 2 is 0.463 bits per heavy atom. The lowest BCUT2D eigenvalue weighted by atomic mass is 9.68. The zero-order valence-electron chi connectivity index (χ0n) is 75.0. The molecule has 0 N–H and O–H groups in total. The minimum atomic E-state index is -0.601. The van der Waals surface area contributed by atoms with Crippen LogP contribution in [0.25, 0.3) is 176 Å². The number of hydrogen-bond acceptors (Lipinski definition) is 2. The number of rotatable bonds is 11. The lowest BCUT2D eigenvalue weighted by Crippen LogP contribution is -2.28. The summed E-state index contributed by atoms with van der Waals surface area (Å²) in [7, 11) is 0. The quantitative estimate of drug-likeness (QED) is 0.119. The summed E-state index contributed by atoms with van der Waals surface area (Å²) in [5.74, 6) is 0. The molecule has 2 heteroatoms. The fourth-order valence-corrected chi connectivity index (χ4v) is 26.4. The van der Waals surface area contributed by atoms with Crippen LogP contribution in [0.3, 0.4) is 0 Å². The second-order valence-corrected chi connectivity index (χ2v) is 38.5. The van der Waals surface area contributed by atoms with Crippen LogP contribution in [0.2, 0.25) is 0 Å². The van der Waals surface area contributed by atoms with Gasteiger partial charge in [-0.25, -0.2) is 0 Å². The number of hydrogen-bond donors (Lipinski definition) is 0. The van der Waals surface area contributed by atoms with E-state index < -0.39 is 10.8 Å². The third-order valence-electron chi connectivity index (χ3n) is 32.0. The molecular weight excluding hydrogens is 1640 g/mol. The lowest BCUT2D eigenvalue weighted by Gasteiger charge is -2.36. The Morgan fingerprint density at radius 3 is 0.956 bits per heavy atom. The molecule has 0 heterocycles. The molecule has 0 radical (unpaired) electrons. The molecule has 0 saturated heterocycles. The molecular formula is C134H88N2. The van der Waals surface area contributed by atoms with Gasteiger partial charge in [-0.3, -0.25) is 0 Å². The topological polar surface area (TPSA) is 6.48 Å². The van der Waals surface area contributed by atoms with Crippen LogP contribution >= 0.6 is 0 Å². The van der Waals surface area contributed by atoms with Crippen LogP contribution in [0.5, 0.6) is 0 Å². The average molecular weight is 1730 g/mol. The van der Waals surface area contributed by atoms with Crippen molar-refractivity contribution in [1.82, 2.24) is 0 Å². The molecule has 3 spiro atoms. The van der Waals surface area contributed by atoms with E-state index in [-0.39, 0.29) is 5.41 Å². The molecule has 23 aromatic rings. The molecule has 0 amide bonds. The van der Waals surface area contributed by atoms with E-state index in [1.165, 1.54) is 223 Å². The summed E-state index contributed by atoms with van der Waals surface area (Å²) in [5.41, 5.74) is 43.5. The van der Waals surface area contributed by atoms with Gasteiger partial charge in [-0.05, 0) is 313 Å². The second-order valence-electron chi connectivity index (χ2n) is 38.5. The SMILES string of the molecule is c1ccc(-c2cccc(-c3cc4c(cc3N(c3ccccc3)c3ccc5c6ccc(-c7cccc(-c8ccc(-c9cc%10c(cc9N(c9ccc%11c%12ccccc%12c%12ccccc%12c%11c9)c9cccc%11c9-c9ccccc9C%119CCCCC9)C9(c%11ccccc%11-c%11ccccc%119)c9ccccc9-%10)cc8)c7)cc6c6ccccc6c5c3)C3(c5ccccc5-c5ccccc53)c3ccccc3-4)c2)cc1. The Labute approximate surface area is 791 Å². The molecule has 634 valence electrons. The highest BCUT2D eigenvalue weighted by atomic mass is 15.2. The lowest BCUT2D eigenvalue weighted by molar-refractivity contribution is 0.353. The first-order valence-corrected chi connectivity index (χ1v) is 48.4. The Kier molecular flexibility index (Phi) is 16.7.